The molecule has 0 unspecified atom stereocenters. The zero-order chi connectivity index (χ0) is 7.72. The molecule has 0 bridgehead atoms. The van der Waals surface area contributed by atoms with Crippen molar-refractivity contribution in [3.63, 3.8) is 0 Å². The highest BCUT2D eigenvalue weighted by molar-refractivity contribution is 5.88. The molecule has 0 radical (unpaired) electrons. The number of furan rings is 1. The van der Waals surface area contributed by atoms with Crippen LogP contribution in [0.1, 0.15) is 21.9 Å². The Morgan fingerprint density at radius 2 is 2.09 bits per heavy atom. The molecule has 1 heterocycles. The molecule has 1 aromatic rings. The van der Waals surface area contributed by atoms with E-state index < -0.39 is 5.97 Å². The van der Waals surface area contributed by atoms with Crippen LogP contribution in [-0.4, -0.2) is 11.1 Å². The third-order valence-electron chi connectivity index (χ3n) is 1.27. The third-order valence-corrected chi connectivity index (χ3v) is 1.27. The molecule has 62 valence electrons. The van der Waals surface area contributed by atoms with Gasteiger partial charge < -0.3 is 9.52 Å². The van der Waals surface area contributed by atoms with Gasteiger partial charge in [0.25, 0.3) is 0 Å². The quantitative estimate of drug-likeness (QED) is 0.712. The summed E-state index contributed by atoms with van der Waals surface area (Å²) in [7, 11) is 0. The predicted octanol–water partition coefficient (Wildman–Crippen LogP) is 2.02. The summed E-state index contributed by atoms with van der Waals surface area (Å²) in [6.07, 6.45) is 0. The average Bonchev–Trinajstić information content (AvgIpc) is 2.10. The lowest BCUT2D eigenvalue weighted by molar-refractivity contribution is 0.0695. The maximum atomic E-state index is 10.4. The molecule has 1 N–H and O–H groups in total. The van der Waals surface area contributed by atoms with Crippen molar-refractivity contribution in [2.24, 2.45) is 0 Å². The van der Waals surface area contributed by atoms with Crippen LogP contribution in [0.5, 0.6) is 0 Å². The second kappa shape index (κ2) is 3.44. The van der Waals surface area contributed by atoms with Crippen molar-refractivity contribution in [3.8, 4) is 0 Å². The van der Waals surface area contributed by atoms with E-state index in [-0.39, 0.29) is 18.0 Å². The summed E-state index contributed by atoms with van der Waals surface area (Å²) in [5.74, 6) is 0.161. The first-order valence-corrected chi connectivity index (χ1v) is 2.91. The van der Waals surface area contributed by atoms with Gasteiger partial charge in [-0.05, 0) is 19.9 Å². The third kappa shape index (κ3) is 1.98. The smallest absolute Gasteiger partial charge is 0.339 e. The minimum atomic E-state index is -0.936. The maximum Gasteiger partial charge on any atom is 0.339 e. The number of carbonyl (C=O) groups is 1. The van der Waals surface area contributed by atoms with Gasteiger partial charge >= 0.3 is 5.97 Å². The van der Waals surface area contributed by atoms with Gasteiger partial charge in [-0.15, -0.1) is 12.4 Å². The van der Waals surface area contributed by atoms with Crippen LogP contribution in [0.2, 0.25) is 0 Å². The molecule has 0 aliphatic heterocycles. The molecule has 0 aliphatic rings. The SMILES string of the molecule is Cc1cc(C(=O)O)c(C)o1.Cl. The minimum Gasteiger partial charge on any atom is -0.478 e. The number of aryl methyl sites for hydroxylation is 2. The lowest BCUT2D eigenvalue weighted by Gasteiger charge is -1.85. The molecular weight excluding hydrogens is 168 g/mol. The van der Waals surface area contributed by atoms with Crippen LogP contribution in [0.25, 0.3) is 0 Å². The molecule has 0 spiro atoms. The Kier molecular flexibility index (Phi) is 3.14. The van der Waals surface area contributed by atoms with Gasteiger partial charge in [0.05, 0.1) is 0 Å². The minimum absolute atomic E-state index is 0. The fourth-order valence-electron chi connectivity index (χ4n) is 0.843. The van der Waals surface area contributed by atoms with Crippen LogP contribution in [0.3, 0.4) is 0 Å². The van der Waals surface area contributed by atoms with Gasteiger partial charge in [0.2, 0.25) is 0 Å². The van der Waals surface area contributed by atoms with Gasteiger partial charge in [-0.25, -0.2) is 4.79 Å². The fourth-order valence-corrected chi connectivity index (χ4v) is 0.843. The zero-order valence-electron chi connectivity index (χ0n) is 6.25. The van der Waals surface area contributed by atoms with Gasteiger partial charge in [0.1, 0.15) is 17.1 Å². The molecule has 0 fully saturated rings. The van der Waals surface area contributed by atoms with Crippen LogP contribution < -0.4 is 0 Å². The van der Waals surface area contributed by atoms with Crippen LogP contribution in [-0.2, 0) is 0 Å². The van der Waals surface area contributed by atoms with Crippen LogP contribution >= 0.6 is 12.4 Å². The normalized spacial score (nSPS) is 8.91. The first-order chi connectivity index (χ1) is 4.61. The Balaban J connectivity index is 0.000001000. The van der Waals surface area contributed by atoms with E-state index in [4.69, 9.17) is 9.52 Å². The molecule has 1 aromatic heterocycles. The Labute approximate surface area is 70.4 Å². The summed E-state index contributed by atoms with van der Waals surface area (Å²) in [5.41, 5.74) is 0.248. The first kappa shape index (κ1) is 10.0. The van der Waals surface area contributed by atoms with E-state index in [9.17, 15) is 4.79 Å². The van der Waals surface area contributed by atoms with Crippen molar-refractivity contribution in [2.45, 2.75) is 13.8 Å². The van der Waals surface area contributed by atoms with Crippen molar-refractivity contribution in [3.05, 3.63) is 23.2 Å². The lowest BCUT2D eigenvalue weighted by atomic mass is 10.2. The van der Waals surface area contributed by atoms with E-state index in [1.165, 1.54) is 6.07 Å². The predicted molar refractivity (Wildman–Crippen MR) is 42.4 cm³/mol. The number of hydrogen-bond donors (Lipinski definition) is 1. The molecular formula is C7H9ClO3. The second-order valence-electron chi connectivity index (χ2n) is 2.13. The van der Waals surface area contributed by atoms with Crippen molar-refractivity contribution in [1.82, 2.24) is 0 Å². The number of rotatable bonds is 1. The van der Waals surface area contributed by atoms with E-state index in [2.05, 4.69) is 0 Å². The number of carboxylic acids is 1. The number of hydrogen-bond acceptors (Lipinski definition) is 2. The van der Waals surface area contributed by atoms with Crippen LogP contribution in [0.15, 0.2) is 10.5 Å². The Bertz CT molecular complexity index is 265. The zero-order valence-corrected chi connectivity index (χ0v) is 7.07. The van der Waals surface area contributed by atoms with Crippen molar-refractivity contribution >= 4 is 18.4 Å². The number of carboxylic acid groups (broad SMARTS) is 1. The van der Waals surface area contributed by atoms with Crippen LogP contribution in [0.4, 0.5) is 0 Å². The van der Waals surface area contributed by atoms with E-state index in [1.54, 1.807) is 13.8 Å². The second-order valence-corrected chi connectivity index (χ2v) is 2.13. The van der Waals surface area contributed by atoms with Crippen molar-refractivity contribution in [2.75, 3.05) is 0 Å². The maximum absolute atomic E-state index is 10.4. The highest BCUT2D eigenvalue weighted by Crippen LogP contribution is 2.12. The number of aromatic carboxylic acids is 1. The van der Waals surface area contributed by atoms with E-state index in [0.717, 1.165) is 0 Å². The molecule has 3 nitrogen and oxygen atoms in total. The molecule has 0 amide bonds. The topological polar surface area (TPSA) is 50.4 Å². The molecule has 0 saturated carbocycles. The summed E-state index contributed by atoms with van der Waals surface area (Å²) >= 11 is 0. The largest absolute Gasteiger partial charge is 0.478 e. The van der Waals surface area contributed by atoms with Gasteiger partial charge in [0, 0.05) is 0 Å². The highest BCUT2D eigenvalue weighted by Gasteiger charge is 2.10. The van der Waals surface area contributed by atoms with Gasteiger partial charge in [-0.3, -0.25) is 0 Å². The van der Waals surface area contributed by atoms with Crippen molar-refractivity contribution < 1.29 is 14.3 Å². The molecule has 1 rings (SSSR count). The molecule has 11 heavy (non-hydrogen) atoms. The van der Waals surface area contributed by atoms with E-state index >= 15 is 0 Å². The van der Waals surface area contributed by atoms with Gasteiger partial charge in [-0.2, -0.15) is 0 Å². The lowest BCUT2D eigenvalue weighted by Crippen LogP contribution is -1.94. The van der Waals surface area contributed by atoms with E-state index in [1.807, 2.05) is 0 Å². The first-order valence-electron chi connectivity index (χ1n) is 2.91. The average molecular weight is 177 g/mol. The number of halogens is 1. The summed E-state index contributed by atoms with van der Waals surface area (Å²) in [4.78, 5) is 10.4. The molecule has 0 atom stereocenters. The summed E-state index contributed by atoms with van der Waals surface area (Å²) < 4.78 is 4.99. The molecule has 0 saturated heterocycles. The highest BCUT2D eigenvalue weighted by atomic mass is 35.5. The van der Waals surface area contributed by atoms with Gasteiger partial charge in [-0.1, -0.05) is 0 Å². The van der Waals surface area contributed by atoms with Gasteiger partial charge in [0.15, 0.2) is 0 Å². The summed E-state index contributed by atoms with van der Waals surface area (Å²) in [6, 6.07) is 1.51. The fraction of sp³-hybridized carbons (Fsp3) is 0.286. The Morgan fingerprint density at radius 1 is 1.55 bits per heavy atom. The summed E-state index contributed by atoms with van der Waals surface area (Å²) in [6.45, 7) is 3.36. The molecule has 0 aromatic carbocycles. The standard InChI is InChI=1S/C7H8O3.ClH/c1-4-3-6(7(8)9)5(2)10-4;/h3H,1-2H3,(H,8,9);1H. The Hall–Kier alpha value is -0.960. The Morgan fingerprint density at radius 3 is 2.27 bits per heavy atom. The van der Waals surface area contributed by atoms with Crippen LogP contribution in [0, 0.1) is 13.8 Å². The molecule has 0 aliphatic carbocycles. The monoisotopic (exact) mass is 176 g/mol. The molecule has 4 heteroatoms. The van der Waals surface area contributed by atoms with E-state index in [0.29, 0.717) is 11.5 Å². The van der Waals surface area contributed by atoms with Crippen molar-refractivity contribution in [1.29, 1.82) is 0 Å². The summed E-state index contributed by atoms with van der Waals surface area (Å²) in [5, 5.41) is 8.52.